The zero-order chi connectivity index (χ0) is 13.9. The lowest BCUT2D eigenvalue weighted by molar-refractivity contribution is 0.0949. The molecule has 6 heteroatoms. The lowest BCUT2D eigenvalue weighted by Crippen LogP contribution is -2.19. The quantitative estimate of drug-likeness (QED) is 0.669. The molecule has 1 amide bonds. The van der Waals surface area contributed by atoms with E-state index in [1.54, 1.807) is 6.21 Å². The van der Waals surface area contributed by atoms with E-state index in [1.807, 2.05) is 24.3 Å². The van der Waals surface area contributed by atoms with Crippen LogP contribution in [0.15, 0.2) is 33.8 Å². The van der Waals surface area contributed by atoms with Gasteiger partial charge in [0.1, 0.15) is 0 Å². The van der Waals surface area contributed by atoms with Crippen LogP contribution in [0.5, 0.6) is 0 Å². The van der Waals surface area contributed by atoms with Gasteiger partial charge in [0.25, 0.3) is 5.91 Å². The van der Waals surface area contributed by atoms with Gasteiger partial charge in [-0.1, -0.05) is 28.1 Å². The average Bonchev–Trinajstić information content (AvgIpc) is 3.03. The van der Waals surface area contributed by atoms with Crippen LogP contribution in [-0.4, -0.2) is 22.3 Å². The number of aromatic amines is 1. The summed E-state index contributed by atoms with van der Waals surface area (Å²) in [5.41, 5.74) is 6.00. The fourth-order valence-electron chi connectivity index (χ4n) is 2.27. The molecule has 1 aromatic carbocycles. The van der Waals surface area contributed by atoms with Gasteiger partial charge in [0.15, 0.2) is 5.69 Å². The van der Waals surface area contributed by atoms with Crippen LogP contribution in [0.4, 0.5) is 0 Å². The molecule has 3 rings (SSSR count). The predicted molar refractivity (Wildman–Crippen MR) is 79.8 cm³/mol. The second-order valence-electron chi connectivity index (χ2n) is 4.63. The lowest BCUT2D eigenvalue weighted by atomic mass is 10.2. The minimum absolute atomic E-state index is 0.266. The number of aromatic nitrogens is 2. The largest absolute Gasteiger partial charge is 0.292 e. The number of H-pyrrole nitrogens is 1. The van der Waals surface area contributed by atoms with Crippen LogP contribution in [0.25, 0.3) is 0 Å². The molecular weight excluding hydrogens is 320 g/mol. The number of carbonyl (C=O) groups is 1. The normalized spacial score (nSPS) is 13.7. The molecule has 2 aromatic rings. The van der Waals surface area contributed by atoms with E-state index in [4.69, 9.17) is 0 Å². The van der Waals surface area contributed by atoms with E-state index in [9.17, 15) is 4.79 Å². The van der Waals surface area contributed by atoms with Crippen molar-refractivity contribution >= 4 is 28.1 Å². The van der Waals surface area contributed by atoms with Crippen LogP contribution in [0.2, 0.25) is 0 Å². The molecule has 0 unspecified atom stereocenters. The van der Waals surface area contributed by atoms with Gasteiger partial charge in [0, 0.05) is 15.7 Å². The standard InChI is InChI=1S/C14H13BrN4O/c15-10-6-4-9(5-7-10)8-16-19-14(20)13-11-2-1-3-12(11)17-18-13/h4-8H,1-3H2,(H,17,18)(H,19,20)/b16-8-. The zero-order valence-electron chi connectivity index (χ0n) is 10.7. The topological polar surface area (TPSA) is 70.1 Å². The van der Waals surface area contributed by atoms with Gasteiger partial charge in [-0.15, -0.1) is 0 Å². The minimum atomic E-state index is -0.266. The predicted octanol–water partition coefficient (Wildman–Crippen LogP) is 2.42. The van der Waals surface area contributed by atoms with Gasteiger partial charge in [-0.05, 0) is 37.0 Å². The molecule has 0 saturated carbocycles. The van der Waals surface area contributed by atoms with Gasteiger partial charge in [-0.3, -0.25) is 9.89 Å². The fourth-order valence-corrected chi connectivity index (χ4v) is 2.54. The molecule has 0 atom stereocenters. The van der Waals surface area contributed by atoms with Crippen molar-refractivity contribution in [3.63, 3.8) is 0 Å². The molecule has 0 bridgehead atoms. The number of hydrogen-bond acceptors (Lipinski definition) is 3. The second kappa shape index (κ2) is 5.58. The van der Waals surface area contributed by atoms with Crippen LogP contribution in [-0.2, 0) is 12.8 Å². The first kappa shape index (κ1) is 13.1. The summed E-state index contributed by atoms with van der Waals surface area (Å²) in [6.07, 6.45) is 4.56. The summed E-state index contributed by atoms with van der Waals surface area (Å²) in [6, 6.07) is 7.66. The van der Waals surface area contributed by atoms with E-state index in [2.05, 4.69) is 36.7 Å². The highest BCUT2D eigenvalue weighted by Crippen LogP contribution is 2.22. The van der Waals surface area contributed by atoms with Crippen molar-refractivity contribution < 1.29 is 4.79 Å². The molecule has 0 saturated heterocycles. The molecule has 5 nitrogen and oxygen atoms in total. The Bertz CT molecular complexity index is 660. The summed E-state index contributed by atoms with van der Waals surface area (Å²) >= 11 is 3.37. The lowest BCUT2D eigenvalue weighted by Gasteiger charge is -1.98. The molecule has 2 N–H and O–H groups in total. The van der Waals surface area contributed by atoms with Crippen molar-refractivity contribution in [2.75, 3.05) is 0 Å². The van der Waals surface area contributed by atoms with Gasteiger partial charge < -0.3 is 0 Å². The van der Waals surface area contributed by atoms with Crippen molar-refractivity contribution in [1.29, 1.82) is 0 Å². The van der Waals surface area contributed by atoms with Gasteiger partial charge in [-0.2, -0.15) is 10.2 Å². The summed E-state index contributed by atoms with van der Waals surface area (Å²) in [5.74, 6) is -0.266. The molecule has 102 valence electrons. The Hall–Kier alpha value is -1.95. The van der Waals surface area contributed by atoms with E-state index in [1.165, 1.54) is 0 Å². The molecule has 0 spiro atoms. The molecule has 20 heavy (non-hydrogen) atoms. The Morgan fingerprint density at radius 1 is 1.35 bits per heavy atom. The molecule has 1 aromatic heterocycles. The molecule has 0 fully saturated rings. The first-order valence-electron chi connectivity index (χ1n) is 6.39. The number of hydrazone groups is 1. The maximum Gasteiger partial charge on any atom is 0.292 e. The number of aryl methyl sites for hydroxylation is 1. The highest BCUT2D eigenvalue weighted by atomic mass is 79.9. The fraction of sp³-hybridized carbons (Fsp3) is 0.214. The monoisotopic (exact) mass is 332 g/mol. The number of nitrogens with one attached hydrogen (secondary N) is 2. The first-order valence-corrected chi connectivity index (χ1v) is 7.18. The summed E-state index contributed by atoms with van der Waals surface area (Å²) in [4.78, 5) is 12.0. The highest BCUT2D eigenvalue weighted by molar-refractivity contribution is 9.10. The Morgan fingerprint density at radius 3 is 2.95 bits per heavy atom. The zero-order valence-corrected chi connectivity index (χ0v) is 12.3. The highest BCUT2D eigenvalue weighted by Gasteiger charge is 2.22. The summed E-state index contributed by atoms with van der Waals surface area (Å²) < 4.78 is 1.01. The van der Waals surface area contributed by atoms with Crippen molar-refractivity contribution in [2.24, 2.45) is 5.10 Å². The number of hydrogen-bond donors (Lipinski definition) is 2. The van der Waals surface area contributed by atoms with Crippen molar-refractivity contribution in [2.45, 2.75) is 19.3 Å². The molecule has 1 aliphatic carbocycles. The van der Waals surface area contributed by atoms with Gasteiger partial charge in [0.05, 0.1) is 6.21 Å². The van der Waals surface area contributed by atoms with Crippen LogP contribution in [0.1, 0.15) is 33.7 Å². The first-order chi connectivity index (χ1) is 9.74. The van der Waals surface area contributed by atoms with Crippen LogP contribution >= 0.6 is 15.9 Å². The molecule has 0 radical (unpaired) electrons. The maximum absolute atomic E-state index is 12.0. The Labute approximate surface area is 124 Å². The van der Waals surface area contributed by atoms with Crippen molar-refractivity contribution in [3.05, 3.63) is 51.3 Å². The second-order valence-corrected chi connectivity index (χ2v) is 5.55. The van der Waals surface area contributed by atoms with Gasteiger partial charge in [-0.25, -0.2) is 5.43 Å². The number of halogens is 1. The Kier molecular flexibility index (Phi) is 3.64. The third-order valence-corrected chi connectivity index (χ3v) is 3.80. The molecule has 1 aliphatic rings. The summed E-state index contributed by atoms with van der Waals surface area (Å²) in [6.45, 7) is 0. The molecule has 1 heterocycles. The van der Waals surface area contributed by atoms with Crippen LogP contribution < -0.4 is 5.43 Å². The third-order valence-electron chi connectivity index (χ3n) is 3.27. The maximum atomic E-state index is 12.0. The Morgan fingerprint density at radius 2 is 2.15 bits per heavy atom. The van der Waals surface area contributed by atoms with Gasteiger partial charge >= 0.3 is 0 Å². The molecule has 0 aliphatic heterocycles. The van der Waals surface area contributed by atoms with Gasteiger partial charge in [0.2, 0.25) is 0 Å². The Balaban J connectivity index is 1.66. The third kappa shape index (κ3) is 2.65. The summed E-state index contributed by atoms with van der Waals surface area (Å²) in [5, 5.41) is 10.9. The number of rotatable bonds is 3. The smallest absolute Gasteiger partial charge is 0.281 e. The van der Waals surface area contributed by atoms with Crippen molar-refractivity contribution in [1.82, 2.24) is 15.6 Å². The number of fused-ring (bicyclic) bond motifs is 1. The van der Waals surface area contributed by atoms with E-state index >= 15 is 0 Å². The van der Waals surface area contributed by atoms with Crippen LogP contribution in [0.3, 0.4) is 0 Å². The number of amides is 1. The average molecular weight is 333 g/mol. The van der Waals surface area contributed by atoms with E-state index < -0.39 is 0 Å². The van der Waals surface area contributed by atoms with Crippen molar-refractivity contribution in [3.8, 4) is 0 Å². The minimum Gasteiger partial charge on any atom is -0.281 e. The number of nitrogens with zero attached hydrogens (tertiary/aromatic N) is 2. The SMILES string of the molecule is O=C(N/N=C\c1ccc(Br)cc1)c1n[nH]c2c1CCC2. The number of carbonyl (C=O) groups excluding carboxylic acids is 1. The number of benzene rings is 1. The van der Waals surface area contributed by atoms with E-state index in [0.29, 0.717) is 5.69 Å². The molecular formula is C14H13BrN4O. The summed E-state index contributed by atoms with van der Waals surface area (Å²) in [7, 11) is 0. The van der Waals surface area contributed by atoms with E-state index in [0.717, 1.165) is 40.6 Å². The van der Waals surface area contributed by atoms with Crippen LogP contribution in [0, 0.1) is 0 Å². The van der Waals surface area contributed by atoms with E-state index in [-0.39, 0.29) is 5.91 Å².